The van der Waals surface area contributed by atoms with Crippen molar-refractivity contribution in [2.24, 2.45) is 0 Å². The first-order chi connectivity index (χ1) is 31.4. The molecule has 2 saturated heterocycles. The van der Waals surface area contributed by atoms with Crippen molar-refractivity contribution in [1.82, 2.24) is 40.9 Å². The number of likely N-dealkylation sites (tertiary alicyclic amines) is 1. The lowest BCUT2D eigenvalue weighted by Crippen LogP contribution is -2.44. The minimum atomic E-state index is -1.00. The maximum atomic E-state index is 15.9. The molecule has 2 aromatic heterocycles. The molecule has 3 aromatic carbocycles. The van der Waals surface area contributed by atoms with Gasteiger partial charge in [-0.25, -0.2) is 23.5 Å². The molecule has 4 atom stereocenters. The summed E-state index contributed by atoms with van der Waals surface area (Å²) in [6.07, 6.45) is 5.12. The van der Waals surface area contributed by atoms with Gasteiger partial charge in [0.15, 0.2) is 6.79 Å². The number of H-pyrrole nitrogens is 2. The van der Waals surface area contributed by atoms with Gasteiger partial charge in [0.2, 0.25) is 5.91 Å². The van der Waals surface area contributed by atoms with Gasteiger partial charge in [-0.05, 0) is 97.4 Å². The fourth-order valence-electron chi connectivity index (χ4n) is 8.32. The number of ether oxygens (including phenoxy) is 2. The fourth-order valence-corrected chi connectivity index (χ4v) is 8.32. The van der Waals surface area contributed by atoms with Crippen molar-refractivity contribution < 1.29 is 37.5 Å². The number of alkyl carbamates (subject to hydrolysis) is 1. The molecule has 2 aliphatic heterocycles. The van der Waals surface area contributed by atoms with E-state index >= 15 is 8.78 Å². The molecule has 15 nitrogen and oxygen atoms in total. The number of carbonyl (C=O) groups excluding carboxylic acids is 3. The zero-order valence-corrected chi connectivity index (χ0v) is 38.6. The van der Waals surface area contributed by atoms with Crippen LogP contribution >= 0.6 is 0 Å². The Bertz CT molecular complexity index is 2400. The van der Waals surface area contributed by atoms with Gasteiger partial charge in [0.1, 0.15) is 46.7 Å². The first-order valence-electron chi connectivity index (χ1n) is 22.5. The van der Waals surface area contributed by atoms with E-state index in [0.717, 1.165) is 5.69 Å². The maximum Gasteiger partial charge on any atom is 0.408 e. The Morgan fingerprint density at radius 1 is 0.803 bits per heavy atom. The van der Waals surface area contributed by atoms with Gasteiger partial charge < -0.3 is 39.9 Å². The molecule has 0 saturated carbocycles. The van der Waals surface area contributed by atoms with Gasteiger partial charge in [-0.3, -0.25) is 14.4 Å². The summed E-state index contributed by atoms with van der Waals surface area (Å²) in [5.74, 6) is -0.898. The second kappa shape index (κ2) is 20.6. The highest BCUT2D eigenvalue weighted by Crippen LogP contribution is 2.37. The summed E-state index contributed by atoms with van der Waals surface area (Å²) in [4.78, 5) is 65.2. The third-order valence-electron chi connectivity index (χ3n) is 11.6. The lowest BCUT2D eigenvalue weighted by atomic mass is 9.93. The average Bonchev–Trinajstić information content (AvgIpc) is 4.07. The van der Waals surface area contributed by atoms with E-state index in [1.54, 1.807) is 61.0 Å². The molecule has 5 N–H and O–H groups in total. The van der Waals surface area contributed by atoms with Crippen LogP contribution in [-0.4, -0.2) is 80.4 Å². The number of hydroxylamine groups is 1. The van der Waals surface area contributed by atoms with Crippen molar-refractivity contribution in [3.8, 4) is 11.3 Å². The molecule has 3 amide bonds. The highest BCUT2D eigenvalue weighted by Gasteiger charge is 2.38. The molecule has 2 fully saturated rings. The summed E-state index contributed by atoms with van der Waals surface area (Å²) in [5.41, 5.74) is 4.47. The Labute approximate surface area is 384 Å². The zero-order chi connectivity index (χ0) is 47.2. The molecule has 4 heterocycles. The van der Waals surface area contributed by atoms with Crippen LogP contribution in [0.2, 0.25) is 0 Å². The second-order valence-corrected chi connectivity index (χ2v) is 18.8. The number of benzene rings is 3. The Hall–Kier alpha value is -6.17. The molecule has 66 heavy (non-hydrogen) atoms. The summed E-state index contributed by atoms with van der Waals surface area (Å²) < 4.78 is 43.0. The van der Waals surface area contributed by atoms with Gasteiger partial charge >= 0.3 is 6.09 Å². The quantitative estimate of drug-likeness (QED) is 0.0388. The zero-order valence-electron chi connectivity index (χ0n) is 38.6. The van der Waals surface area contributed by atoms with Crippen molar-refractivity contribution in [2.75, 3.05) is 31.3 Å². The summed E-state index contributed by atoms with van der Waals surface area (Å²) >= 11 is 0. The SMILES string of the molecule is C[C@H](NC(=O)[C@H](NOCOC(C)(C)C)c1ccccc1)c1ncc(C2CCN(c3c(F)cc(-c4cnc([C@@H]5CCCN5C(=O)[C@H](NC(=O)OC(C)(C)C)c5ccccc5)[nH]4)cc3F)CC2)[nH]1. The molecule has 0 spiro atoms. The van der Waals surface area contributed by atoms with Crippen molar-refractivity contribution in [1.29, 1.82) is 0 Å². The van der Waals surface area contributed by atoms with Crippen molar-refractivity contribution in [2.45, 2.75) is 115 Å². The van der Waals surface area contributed by atoms with Crippen LogP contribution in [-0.2, 0) is 23.9 Å². The molecule has 0 bridgehead atoms. The molecule has 0 unspecified atom stereocenters. The Morgan fingerprint density at radius 2 is 1.44 bits per heavy atom. The van der Waals surface area contributed by atoms with Crippen LogP contribution in [0, 0.1) is 11.6 Å². The number of aromatic nitrogens is 4. The topological polar surface area (TPSA) is 179 Å². The fraction of sp³-hybridized carbons (Fsp3) is 0.449. The van der Waals surface area contributed by atoms with Crippen LogP contribution in [0.15, 0.2) is 85.2 Å². The van der Waals surface area contributed by atoms with Crippen LogP contribution in [0.5, 0.6) is 0 Å². The Kier molecular flexibility index (Phi) is 14.9. The number of amides is 3. The summed E-state index contributed by atoms with van der Waals surface area (Å²) in [6.45, 7) is 14.0. The van der Waals surface area contributed by atoms with Gasteiger partial charge in [-0.2, -0.15) is 5.48 Å². The van der Waals surface area contributed by atoms with Gasteiger partial charge in [-0.1, -0.05) is 60.7 Å². The normalized spacial score (nSPS) is 17.3. The average molecular weight is 910 g/mol. The molecule has 17 heteroatoms. The number of piperidine rings is 1. The number of rotatable bonds is 15. The number of hydrogen-bond acceptors (Lipinski definition) is 10. The molecule has 0 aliphatic carbocycles. The van der Waals surface area contributed by atoms with E-state index in [2.05, 4.69) is 36.0 Å². The second-order valence-electron chi connectivity index (χ2n) is 18.8. The number of anilines is 1. The van der Waals surface area contributed by atoms with E-state index in [1.807, 2.05) is 64.1 Å². The molecule has 5 aromatic rings. The van der Waals surface area contributed by atoms with Crippen molar-refractivity contribution in [3.63, 3.8) is 0 Å². The van der Waals surface area contributed by atoms with Crippen LogP contribution in [0.4, 0.5) is 19.3 Å². The number of nitrogens with one attached hydrogen (secondary N) is 5. The molecular formula is C49H61F2N9O6. The minimum Gasteiger partial charge on any atom is -0.444 e. The summed E-state index contributed by atoms with van der Waals surface area (Å²) in [7, 11) is 0. The summed E-state index contributed by atoms with van der Waals surface area (Å²) in [6, 6.07) is 18.1. The molecule has 352 valence electrons. The number of hydrogen-bond donors (Lipinski definition) is 5. The highest BCUT2D eigenvalue weighted by atomic mass is 19.1. The number of nitrogens with zero attached hydrogens (tertiary/aromatic N) is 4. The standard InChI is InChI=1S/C49H61F2N9O6/c1-30(54-45(61)40(32-15-10-8-11-16-32)58-65-29-64-48(2,3)4)43-52-27-37(55-43)31-20-23-59(24-21-31)42-35(50)25-34(26-36(42)51)38-28-53-44(56-38)39-19-14-22-60(39)46(62)41(33-17-12-9-13-18-33)57-47(63)66-49(5,6)7/h8-13,15-18,25-28,30-31,39-41,58H,14,19-24,29H2,1-7H3,(H,52,55)(H,53,56)(H,54,61)(H,57,63)/t30-,39-,40+,41+/m0/s1. The van der Waals surface area contributed by atoms with E-state index < -0.39 is 53.1 Å². The smallest absolute Gasteiger partial charge is 0.408 e. The molecule has 0 radical (unpaired) electrons. The number of carbonyl (C=O) groups is 3. The van der Waals surface area contributed by atoms with Gasteiger partial charge in [0.05, 0.1) is 29.6 Å². The van der Waals surface area contributed by atoms with E-state index in [4.69, 9.17) is 14.3 Å². The molecular weight excluding hydrogens is 849 g/mol. The number of aromatic amines is 2. The molecule has 7 rings (SSSR count). The largest absolute Gasteiger partial charge is 0.444 e. The number of imidazole rings is 2. The van der Waals surface area contributed by atoms with Crippen LogP contribution in [0.3, 0.4) is 0 Å². The minimum absolute atomic E-state index is 0.0468. The third kappa shape index (κ3) is 12.0. The van der Waals surface area contributed by atoms with Crippen molar-refractivity contribution in [3.05, 3.63) is 125 Å². The van der Waals surface area contributed by atoms with E-state index in [-0.39, 0.29) is 35.8 Å². The van der Waals surface area contributed by atoms with E-state index in [1.165, 1.54) is 18.3 Å². The Balaban J connectivity index is 0.963. The van der Waals surface area contributed by atoms with E-state index in [0.29, 0.717) is 73.8 Å². The first-order valence-corrected chi connectivity index (χ1v) is 22.5. The Morgan fingerprint density at radius 3 is 2.06 bits per heavy atom. The lowest BCUT2D eigenvalue weighted by molar-refractivity contribution is -0.162. The van der Waals surface area contributed by atoms with Crippen LogP contribution < -0.4 is 21.0 Å². The van der Waals surface area contributed by atoms with Gasteiger partial charge in [0.25, 0.3) is 5.91 Å². The van der Waals surface area contributed by atoms with Crippen LogP contribution in [0.1, 0.15) is 133 Å². The number of halogens is 2. The highest BCUT2D eigenvalue weighted by molar-refractivity contribution is 5.87. The molecule has 2 aliphatic rings. The van der Waals surface area contributed by atoms with Gasteiger partial charge in [-0.15, -0.1) is 0 Å². The monoisotopic (exact) mass is 909 g/mol. The third-order valence-corrected chi connectivity index (χ3v) is 11.6. The first kappa shape index (κ1) is 47.8. The maximum absolute atomic E-state index is 15.9. The van der Waals surface area contributed by atoms with Crippen LogP contribution in [0.25, 0.3) is 11.3 Å². The predicted molar refractivity (Wildman–Crippen MR) is 245 cm³/mol. The van der Waals surface area contributed by atoms with E-state index in [9.17, 15) is 14.4 Å². The predicted octanol–water partition coefficient (Wildman–Crippen LogP) is 8.60. The summed E-state index contributed by atoms with van der Waals surface area (Å²) in [5, 5.41) is 5.78. The van der Waals surface area contributed by atoms with Crippen molar-refractivity contribution >= 4 is 23.6 Å². The lowest BCUT2D eigenvalue weighted by Gasteiger charge is -2.33. The van der Waals surface area contributed by atoms with Gasteiger partial charge in [0, 0.05) is 43.0 Å².